The van der Waals surface area contributed by atoms with Gasteiger partial charge in [0.25, 0.3) is 0 Å². The summed E-state index contributed by atoms with van der Waals surface area (Å²) in [6.07, 6.45) is -5.56. The summed E-state index contributed by atoms with van der Waals surface area (Å²) in [6, 6.07) is 3.98. The summed E-state index contributed by atoms with van der Waals surface area (Å²) in [5.41, 5.74) is 26.2. The van der Waals surface area contributed by atoms with Gasteiger partial charge < -0.3 is 118 Å². The average molecular weight is 1810 g/mol. The van der Waals surface area contributed by atoms with Crippen molar-refractivity contribution in [1.29, 1.82) is 0 Å². The van der Waals surface area contributed by atoms with Gasteiger partial charge in [-0.25, -0.2) is 4.79 Å². The lowest BCUT2D eigenvalue weighted by molar-refractivity contribution is -0.143. The number of thioether (sulfide) groups is 1. The number of carbonyl (C=O) groups excluding carboxylic acids is 17. The minimum atomic E-state index is -2.10. The lowest BCUT2D eigenvalue weighted by Gasteiger charge is -2.32. The van der Waals surface area contributed by atoms with Gasteiger partial charge in [0.05, 0.1) is 24.7 Å². The number of primary amides is 3. The number of amides is 18. The summed E-state index contributed by atoms with van der Waals surface area (Å²) in [7, 11) is 1.25. The predicted molar refractivity (Wildman–Crippen MR) is 473 cm³/mol. The molecule has 4 aromatic rings. The molecule has 700 valence electrons. The minimum absolute atomic E-state index is 0.0281. The zero-order valence-corrected chi connectivity index (χ0v) is 74.9. The van der Waals surface area contributed by atoms with Crippen molar-refractivity contribution >= 4 is 118 Å². The minimum Gasteiger partial charge on any atom is -0.508 e. The van der Waals surface area contributed by atoms with Crippen LogP contribution in [-0.2, 0) is 101 Å². The average Bonchev–Trinajstić information content (AvgIpc) is 0.849. The molecule has 0 unspecified atom stereocenters. The number of aryl methyl sites for hydroxylation is 1. The van der Waals surface area contributed by atoms with Crippen LogP contribution in [0.15, 0.2) is 103 Å². The highest BCUT2D eigenvalue weighted by Gasteiger charge is 2.41. The van der Waals surface area contributed by atoms with Crippen LogP contribution in [0.1, 0.15) is 136 Å². The van der Waals surface area contributed by atoms with E-state index in [-0.39, 0.29) is 81.2 Å². The van der Waals surface area contributed by atoms with Crippen molar-refractivity contribution in [2.45, 2.75) is 231 Å². The van der Waals surface area contributed by atoms with Crippen molar-refractivity contribution < 1.29 is 102 Å². The SMILES string of the molecule is Cc1cccc(C[C@@H]2NC(=O)[C@H](CC(=O)O)NC(=O)[C@H](Cc3ccc(O)cc3)NC(=O)[C@H](CC(N)=O)NC(=O)CSC[C@@H](C(N)=O)NC(=O)[C@H]([C@@H](C)O)NC(=O)[C@H](C(C)C)NC(=O)[C@H](CC(C)C)NC(=O)[C@H](CCN)NC(=O)[C@@H](CC(C)C)NC(=O)[C@H](C)N(C)C(=O)[C@H](CCCNC(N)=O)NC(=O)[C@H](Cc3ccc(-c4ccccc4)cc3)NC(=O)[C@H](C(C)C)NC2=O)c1. The summed E-state index contributed by atoms with van der Waals surface area (Å²) in [5, 5.41) is 67.0. The number of aliphatic hydroxyl groups is 1. The second kappa shape index (κ2) is 51.7. The van der Waals surface area contributed by atoms with Crippen LogP contribution >= 0.6 is 11.8 Å². The fourth-order valence-electron chi connectivity index (χ4n) is 13.7. The Morgan fingerprint density at radius 1 is 0.469 bits per heavy atom. The molecular weight excluding hydrogens is 1680 g/mol. The van der Waals surface area contributed by atoms with Gasteiger partial charge in [-0.2, -0.15) is 0 Å². The number of nitrogens with one attached hydrogen (secondary N) is 14. The van der Waals surface area contributed by atoms with E-state index in [2.05, 4.69) is 74.4 Å². The Balaban J connectivity index is 1.67. The highest BCUT2D eigenvalue weighted by atomic mass is 32.2. The maximum Gasteiger partial charge on any atom is 0.312 e. The quantitative estimate of drug-likeness (QED) is 0.0311. The second-order valence-electron chi connectivity index (χ2n) is 33.3. The van der Waals surface area contributed by atoms with E-state index in [1.165, 1.54) is 52.1 Å². The number of urea groups is 1. The van der Waals surface area contributed by atoms with Gasteiger partial charge in [-0.15, -0.1) is 11.8 Å². The van der Waals surface area contributed by atoms with E-state index in [0.29, 0.717) is 28.5 Å². The van der Waals surface area contributed by atoms with Crippen molar-refractivity contribution in [3.05, 3.63) is 125 Å². The summed E-state index contributed by atoms with van der Waals surface area (Å²) >= 11 is 0.650. The van der Waals surface area contributed by atoms with E-state index in [9.17, 15) is 82.4 Å². The Hall–Kier alpha value is -12.8. The van der Waals surface area contributed by atoms with Crippen LogP contribution in [-0.4, -0.2) is 249 Å². The summed E-state index contributed by atoms with van der Waals surface area (Å²) in [4.78, 5) is 257. The molecule has 0 bridgehead atoms. The number of likely N-dealkylation sites (N-methyl/N-ethyl adjacent to an activating group) is 1. The molecule has 1 aliphatic rings. The molecule has 41 heteroatoms. The standard InChI is InChI=1S/C87H125N19O21S/c1-44(2)34-59-76(116)94-57(31-32-88)75(115)97-60(35-45(3)4)81(121)104-71(47(7)8)84(124)105-72(50(11)107)85(125)102-66(73(90)113)42-128-43-68(110)93-64(40-67(89)109)79(119)98-61(38-52-25-29-56(108)30-26-52)78(118)100-65(41-69(111)112)80(120)99-63(39-53-19-16-18-48(9)36-53)82(122)103-70(46(5)6)83(123)101-62(37-51-23-27-55(28-24-51)54-20-14-13-15-21-54)77(117)95-58(22-17-33-92-87(91)127)86(126)106(12)49(10)74(114)96-59/h13-16,18-21,23-30,36,44-47,49-50,57-66,70-72,107-108H,17,22,31-35,37-43,88H2,1-12H3,(H2,89,109)(H2,90,113)(H,93,110)(H,94,116)(H,95,117)(H,96,114)(H,97,115)(H,98,119)(H,99,120)(H,100,118)(H,101,123)(H,102,125)(H,103,122)(H,104,121)(H,105,124)(H,111,112)(H3,91,92,127)/t49-,50+,57-,58-,59+,60-,61-,62-,63-,64-,65-,66-,70-,71-,72-/m0/s1. The molecule has 1 heterocycles. The van der Waals surface area contributed by atoms with E-state index in [0.717, 1.165) is 23.0 Å². The summed E-state index contributed by atoms with van der Waals surface area (Å²) in [6.45, 7) is 17.0. The van der Waals surface area contributed by atoms with Gasteiger partial charge in [-0.05, 0) is 123 Å². The molecule has 18 amide bonds. The summed E-state index contributed by atoms with van der Waals surface area (Å²) < 4.78 is 0. The largest absolute Gasteiger partial charge is 0.508 e. The zero-order valence-electron chi connectivity index (χ0n) is 74.0. The van der Waals surface area contributed by atoms with Crippen LogP contribution in [0.2, 0.25) is 0 Å². The third kappa shape index (κ3) is 35.2. The number of nitrogens with zero attached hydrogens (tertiary/aromatic N) is 1. The van der Waals surface area contributed by atoms with Crippen LogP contribution in [0.25, 0.3) is 11.1 Å². The number of hydrogen-bond donors (Lipinski definition) is 21. The Bertz CT molecular complexity index is 4540. The molecule has 128 heavy (non-hydrogen) atoms. The molecule has 40 nitrogen and oxygen atoms in total. The van der Waals surface area contributed by atoms with Crippen LogP contribution in [0.4, 0.5) is 4.79 Å². The normalized spacial score (nSPS) is 24.0. The maximum atomic E-state index is 15.3. The number of hydrogen-bond acceptors (Lipinski definition) is 22. The fourth-order valence-corrected chi connectivity index (χ4v) is 14.5. The van der Waals surface area contributed by atoms with Crippen molar-refractivity contribution in [3.63, 3.8) is 0 Å². The van der Waals surface area contributed by atoms with Gasteiger partial charge in [0.15, 0.2) is 0 Å². The number of rotatable bonds is 25. The van der Waals surface area contributed by atoms with E-state index < -0.39 is 240 Å². The first-order valence-corrected chi connectivity index (χ1v) is 43.4. The van der Waals surface area contributed by atoms with Crippen LogP contribution in [0.5, 0.6) is 5.75 Å². The molecule has 0 radical (unpaired) electrons. The number of carbonyl (C=O) groups is 18. The van der Waals surface area contributed by atoms with Gasteiger partial charge in [-0.3, -0.25) is 81.5 Å². The lowest BCUT2D eigenvalue weighted by atomic mass is 9.97. The molecule has 1 saturated heterocycles. The fraction of sp³-hybridized carbons (Fsp3) is 0.517. The number of benzene rings is 4. The number of phenols is 1. The van der Waals surface area contributed by atoms with Crippen molar-refractivity contribution in [1.82, 2.24) is 79.3 Å². The van der Waals surface area contributed by atoms with E-state index >= 15 is 19.2 Å². The van der Waals surface area contributed by atoms with Crippen molar-refractivity contribution in [2.75, 3.05) is 31.6 Å². The number of aliphatic carboxylic acids is 1. The number of aromatic hydroxyl groups is 1. The van der Waals surface area contributed by atoms with Gasteiger partial charge in [0.2, 0.25) is 94.5 Å². The number of carboxylic acid groups (broad SMARTS) is 1. The predicted octanol–water partition coefficient (Wildman–Crippen LogP) is -2.29. The van der Waals surface area contributed by atoms with Crippen LogP contribution in [0.3, 0.4) is 0 Å². The molecule has 5 rings (SSSR count). The Kier molecular flexibility index (Phi) is 42.7. The zero-order chi connectivity index (χ0) is 95.5. The van der Waals surface area contributed by atoms with E-state index in [1.807, 2.05) is 30.3 Å². The molecule has 0 spiro atoms. The molecule has 1 fully saturated rings. The third-order valence-electron chi connectivity index (χ3n) is 20.8. The summed E-state index contributed by atoms with van der Waals surface area (Å²) in [5.74, 6) is -22.2. The topological polar surface area (TPSA) is 644 Å². The molecular formula is C87H125N19O21S. The molecule has 25 N–H and O–H groups in total. The van der Waals surface area contributed by atoms with Crippen LogP contribution in [0, 0.1) is 30.6 Å². The molecule has 4 aromatic carbocycles. The highest BCUT2D eigenvalue weighted by molar-refractivity contribution is 8.00. The van der Waals surface area contributed by atoms with Crippen LogP contribution < -0.4 is 97.4 Å². The monoisotopic (exact) mass is 1800 g/mol. The van der Waals surface area contributed by atoms with E-state index in [4.69, 9.17) is 22.9 Å². The lowest BCUT2D eigenvalue weighted by Crippen LogP contribution is -2.62. The molecule has 0 aliphatic carbocycles. The van der Waals surface area contributed by atoms with E-state index in [1.54, 1.807) is 97.0 Å². The Morgan fingerprint density at radius 3 is 1.38 bits per heavy atom. The van der Waals surface area contributed by atoms with Crippen molar-refractivity contribution in [3.8, 4) is 16.9 Å². The van der Waals surface area contributed by atoms with Crippen molar-refractivity contribution in [2.24, 2.45) is 46.6 Å². The highest BCUT2D eigenvalue weighted by Crippen LogP contribution is 2.23. The molecule has 0 saturated carbocycles. The number of phenolic OH excluding ortho intramolecular Hbond substituents is 1. The molecule has 15 atom stereocenters. The van der Waals surface area contributed by atoms with Gasteiger partial charge in [0.1, 0.15) is 90.3 Å². The van der Waals surface area contributed by atoms with Gasteiger partial charge in [0, 0.05) is 38.6 Å². The molecule has 0 aromatic heterocycles. The maximum absolute atomic E-state index is 15.3. The van der Waals surface area contributed by atoms with Gasteiger partial charge >= 0.3 is 12.0 Å². The number of nitrogens with two attached hydrogens (primary N) is 4. The first-order valence-electron chi connectivity index (χ1n) is 42.2. The second-order valence-corrected chi connectivity index (χ2v) is 34.3. The number of aliphatic hydroxyl groups excluding tert-OH is 1. The van der Waals surface area contributed by atoms with Gasteiger partial charge in [-0.1, -0.05) is 152 Å². The Morgan fingerprint density at radius 2 is 0.891 bits per heavy atom. The Labute approximate surface area is 747 Å². The first-order chi connectivity index (χ1) is 60.2. The molecule has 1 aliphatic heterocycles. The number of carboxylic acids is 1. The third-order valence-corrected chi connectivity index (χ3v) is 21.8. The smallest absolute Gasteiger partial charge is 0.312 e. The first kappa shape index (κ1) is 106.